The van der Waals surface area contributed by atoms with Gasteiger partial charge < -0.3 is 19.7 Å². The van der Waals surface area contributed by atoms with Crippen LogP contribution >= 0.6 is 0 Å². The van der Waals surface area contributed by atoms with Gasteiger partial charge in [-0.15, -0.1) is 0 Å². The van der Waals surface area contributed by atoms with Crippen molar-refractivity contribution >= 4 is 5.88 Å². The number of methoxy groups -OCH3 is 1. The topological polar surface area (TPSA) is 70.5 Å². The van der Waals surface area contributed by atoms with Crippen molar-refractivity contribution in [3.8, 4) is 16.9 Å². The highest BCUT2D eigenvalue weighted by Crippen LogP contribution is 2.31. The highest BCUT2D eigenvalue weighted by Gasteiger charge is 2.15. The van der Waals surface area contributed by atoms with Crippen molar-refractivity contribution in [1.29, 1.82) is 0 Å². The Morgan fingerprint density at radius 2 is 1.95 bits per heavy atom. The van der Waals surface area contributed by atoms with Crippen LogP contribution in [-0.2, 0) is 11.2 Å². The number of hydrogen-bond acceptors (Lipinski definition) is 5. The molecule has 0 radical (unpaired) electrons. The molecule has 0 bridgehead atoms. The zero-order valence-electron chi connectivity index (χ0n) is 12.8. The molecule has 1 heterocycles. The number of rotatable bonds is 7. The van der Waals surface area contributed by atoms with Gasteiger partial charge in [-0.05, 0) is 23.6 Å². The average molecular weight is 290 g/mol. The maximum atomic E-state index is 5.88. The van der Waals surface area contributed by atoms with Crippen molar-refractivity contribution < 1.29 is 14.0 Å². The maximum absolute atomic E-state index is 5.88. The van der Waals surface area contributed by atoms with Crippen molar-refractivity contribution in [3.05, 3.63) is 30.0 Å². The Hall–Kier alpha value is -2.01. The quantitative estimate of drug-likeness (QED) is 0.848. The lowest BCUT2D eigenvalue weighted by Crippen LogP contribution is -2.04. The van der Waals surface area contributed by atoms with Crippen LogP contribution in [0.25, 0.3) is 11.1 Å². The van der Waals surface area contributed by atoms with E-state index in [1.807, 2.05) is 24.3 Å². The number of benzene rings is 1. The first-order chi connectivity index (χ1) is 10.1. The Balaban J connectivity index is 2.16. The van der Waals surface area contributed by atoms with E-state index in [1.165, 1.54) is 0 Å². The summed E-state index contributed by atoms with van der Waals surface area (Å²) >= 11 is 0. The van der Waals surface area contributed by atoms with Gasteiger partial charge in [0.25, 0.3) is 0 Å². The van der Waals surface area contributed by atoms with Gasteiger partial charge in [-0.3, -0.25) is 0 Å². The van der Waals surface area contributed by atoms with Crippen LogP contribution in [-0.4, -0.2) is 25.5 Å². The van der Waals surface area contributed by atoms with Gasteiger partial charge in [0.2, 0.25) is 5.88 Å². The molecule has 1 aromatic heterocycles. The minimum Gasteiger partial charge on any atom is -0.493 e. The molecule has 0 atom stereocenters. The Morgan fingerprint density at radius 1 is 1.24 bits per heavy atom. The molecule has 5 heteroatoms. The third kappa shape index (κ3) is 3.98. The Labute approximate surface area is 125 Å². The van der Waals surface area contributed by atoms with E-state index in [2.05, 4.69) is 19.0 Å². The highest BCUT2D eigenvalue weighted by atomic mass is 16.5. The predicted octanol–water partition coefficient (Wildman–Crippen LogP) is 3.15. The normalized spacial score (nSPS) is 11.0. The van der Waals surface area contributed by atoms with E-state index in [1.54, 1.807) is 7.11 Å². The smallest absolute Gasteiger partial charge is 0.230 e. The number of aromatic nitrogens is 1. The van der Waals surface area contributed by atoms with Crippen LogP contribution in [0.2, 0.25) is 0 Å². The molecule has 0 aliphatic heterocycles. The fraction of sp³-hybridized carbons (Fsp3) is 0.438. The lowest BCUT2D eigenvalue weighted by Gasteiger charge is -2.09. The zero-order valence-corrected chi connectivity index (χ0v) is 12.8. The van der Waals surface area contributed by atoms with E-state index < -0.39 is 0 Å². The molecule has 0 fully saturated rings. The molecule has 0 saturated heterocycles. The number of ether oxygens (including phenoxy) is 2. The van der Waals surface area contributed by atoms with Gasteiger partial charge in [0.15, 0.2) is 0 Å². The first-order valence-corrected chi connectivity index (χ1v) is 7.08. The van der Waals surface area contributed by atoms with E-state index in [4.69, 9.17) is 19.7 Å². The van der Waals surface area contributed by atoms with E-state index in [0.29, 0.717) is 31.4 Å². The van der Waals surface area contributed by atoms with E-state index >= 15 is 0 Å². The summed E-state index contributed by atoms with van der Waals surface area (Å²) in [5, 5.41) is 4.00. The first-order valence-electron chi connectivity index (χ1n) is 7.08. The summed E-state index contributed by atoms with van der Waals surface area (Å²) in [6.45, 7) is 5.52. The monoisotopic (exact) mass is 290 g/mol. The van der Waals surface area contributed by atoms with E-state index in [-0.39, 0.29) is 0 Å². The number of nitrogen functional groups attached to an aromatic ring is 1. The van der Waals surface area contributed by atoms with Gasteiger partial charge in [0, 0.05) is 13.5 Å². The van der Waals surface area contributed by atoms with Gasteiger partial charge in [0.1, 0.15) is 5.75 Å². The van der Waals surface area contributed by atoms with Crippen LogP contribution in [0, 0.1) is 5.92 Å². The molecule has 114 valence electrons. The van der Waals surface area contributed by atoms with Crippen molar-refractivity contribution in [3.63, 3.8) is 0 Å². The second-order valence-electron chi connectivity index (χ2n) is 5.34. The van der Waals surface area contributed by atoms with E-state index in [9.17, 15) is 0 Å². The molecular formula is C16H22N2O3. The third-order valence-corrected chi connectivity index (χ3v) is 3.06. The SMILES string of the molecule is COCCc1noc(N)c1-c1ccc(OCC(C)C)cc1. The molecule has 0 aliphatic rings. The summed E-state index contributed by atoms with van der Waals surface area (Å²) in [6.07, 6.45) is 0.665. The van der Waals surface area contributed by atoms with Crippen LogP contribution < -0.4 is 10.5 Å². The summed E-state index contributed by atoms with van der Waals surface area (Å²) in [4.78, 5) is 0. The fourth-order valence-corrected chi connectivity index (χ4v) is 2.00. The van der Waals surface area contributed by atoms with Crippen LogP contribution in [0.5, 0.6) is 5.75 Å². The van der Waals surface area contributed by atoms with Crippen LogP contribution in [0.1, 0.15) is 19.5 Å². The largest absolute Gasteiger partial charge is 0.493 e. The average Bonchev–Trinajstić information content (AvgIpc) is 2.84. The molecule has 1 aromatic carbocycles. The molecule has 0 spiro atoms. The van der Waals surface area contributed by atoms with Gasteiger partial charge in [-0.1, -0.05) is 31.1 Å². The standard InChI is InChI=1S/C16H22N2O3/c1-11(2)10-20-13-6-4-12(5-7-13)15-14(8-9-19-3)18-21-16(15)17/h4-7,11H,8-10,17H2,1-3H3. The Bertz CT molecular complexity index is 561. The lowest BCUT2D eigenvalue weighted by molar-refractivity contribution is 0.200. The van der Waals surface area contributed by atoms with Gasteiger partial charge in [-0.2, -0.15) is 0 Å². The van der Waals surface area contributed by atoms with Crippen LogP contribution in [0.4, 0.5) is 5.88 Å². The Kier molecular flexibility index (Phi) is 5.22. The molecule has 0 amide bonds. The second-order valence-corrected chi connectivity index (χ2v) is 5.34. The summed E-state index contributed by atoms with van der Waals surface area (Å²) < 4.78 is 15.8. The number of anilines is 1. The minimum absolute atomic E-state index is 0.331. The molecule has 0 aliphatic carbocycles. The highest BCUT2D eigenvalue weighted by molar-refractivity contribution is 5.75. The summed E-state index contributed by atoms with van der Waals surface area (Å²) in [6, 6.07) is 7.80. The third-order valence-electron chi connectivity index (χ3n) is 3.06. The fourth-order valence-electron chi connectivity index (χ4n) is 2.00. The second kappa shape index (κ2) is 7.13. The van der Waals surface area contributed by atoms with Crippen molar-refractivity contribution in [1.82, 2.24) is 5.16 Å². The molecule has 21 heavy (non-hydrogen) atoms. The summed E-state index contributed by atoms with van der Waals surface area (Å²) in [7, 11) is 1.66. The predicted molar refractivity (Wildman–Crippen MR) is 82.3 cm³/mol. The summed E-state index contributed by atoms with van der Waals surface area (Å²) in [5.74, 6) is 1.68. The van der Waals surface area contributed by atoms with Gasteiger partial charge in [0.05, 0.1) is 24.5 Å². The van der Waals surface area contributed by atoms with E-state index in [0.717, 1.165) is 22.6 Å². The minimum atomic E-state index is 0.331. The molecule has 2 aromatic rings. The molecule has 2 rings (SSSR count). The first kappa shape index (κ1) is 15.4. The number of nitrogens with two attached hydrogens (primary N) is 1. The summed E-state index contributed by atoms with van der Waals surface area (Å²) in [5.41, 5.74) is 8.50. The lowest BCUT2D eigenvalue weighted by atomic mass is 10.0. The molecule has 0 unspecified atom stereocenters. The molecular weight excluding hydrogens is 268 g/mol. The zero-order chi connectivity index (χ0) is 15.2. The van der Waals surface area contributed by atoms with Gasteiger partial charge >= 0.3 is 0 Å². The molecule has 5 nitrogen and oxygen atoms in total. The maximum Gasteiger partial charge on any atom is 0.230 e. The number of nitrogens with zero attached hydrogens (tertiary/aromatic N) is 1. The molecule has 0 saturated carbocycles. The van der Waals surface area contributed by atoms with Gasteiger partial charge in [-0.25, -0.2) is 0 Å². The molecule has 2 N–H and O–H groups in total. The van der Waals surface area contributed by atoms with Crippen molar-refractivity contribution in [2.24, 2.45) is 5.92 Å². The van der Waals surface area contributed by atoms with Crippen molar-refractivity contribution in [2.45, 2.75) is 20.3 Å². The Morgan fingerprint density at radius 3 is 2.57 bits per heavy atom. The van der Waals surface area contributed by atoms with Crippen LogP contribution in [0.15, 0.2) is 28.8 Å². The van der Waals surface area contributed by atoms with Crippen LogP contribution in [0.3, 0.4) is 0 Å². The number of hydrogen-bond donors (Lipinski definition) is 1. The van der Waals surface area contributed by atoms with Crippen molar-refractivity contribution in [2.75, 3.05) is 26.1 Å².